The van der Waals surface area contributed by atoms with Gasteiger partial charge in [0.25, 0.3) is 11.8 Å². The maximum Gasteiger partial charge on any atom is 0.430 e. The SMILES string of the molecule is NC(=O)C(F)(F)C(F)(F)C(F)(F)C(F)(F)OC(F)(F)C(F)(F)C(F)(F)C(F)(F)OC(F)(F)C(F)(F)C(F)(F)C(F)(F)C(N)=O. The van der Waals surface area contributed by atoms with Gasteiger partial charge in [-0.3, -0.25) is 9.59 Å². The van der Waals surface area contributed by atoms with E-state index in [0.29, 0.717) is 0 Å². The quantitative estimate of drug-likeness (QED) is 0.220. The molecule has 0 radical (unpaired) electrons. The van der Waals surface area contributed by atoms with Gasteiger partial charge in [0.2, 0.25) is 0 Å². The summed E-state index contributed by atoms with van der Waals surface area (Å²) in [5, 5.41) is 0. The van der Waals surface area contributed by atoms with Crippen molar-refractivity contribution in [2.24, 2.45) is 11.5 Å². The zero-order chi connectivity index (χ0) is 36.6. The van der Waals surface area contributed by atoms with Crippen LogP contribution in [0.4, 0.5) is 105 Å². The van der Waals surface area contributed by atoms with Gasteiger partial charge >= 0.3 is 71.8 Å². The molecule has 0 bridgehead atoms. The van der Waals surface area contributed by atoms with Gasteiger partial charge in [0.05, 0.1) is 0 Å². The number of hydrogen-bond acceptors (Lipinski definition) is 4. The molecule has 2 amide bonds. The fourth-order valence-electron chi connectivity index (χ4n) is 2.01. The Bertz CT molecular complexity index is 1030. The van der Waals surface area contributed by atoms with Crippen LogP contribution in [0.3, 0.4) is 0 Å². The molecule has 4 N–H and O–H groups in total. The Morgan fingerprint density at radius 2 is 0.455 bits per heavy atom. The van der Waals surface area contributed by atoms with Gasteiger partial charge in [0.1, 0.15) is 0 Å². The normalized spacial score (nSPS) is 16.3. The lowest BCUT2D eigenvalue weighted by Crippen LogP contribution is -2.71. The van der Waals surface area contributed by atoms with Crippen LogP contribution in [-0.4, -0.2) is 83.6 Å². The molecule has 0 aliphatic rings. The second-order valence-electron chi connectivity index (χ2n) is 7.59. The zero-order valence-electron chi connectivity index (χ0n) is 18.9. The lowest BCUT2D eigenvalue weighted by molar-refractivity contribution is -0.542. The van der Waals surface area contributed by atoms with Gasteiger partial charge < -0.3 is 11.5 Å². The van der Waals surface area contributed by atoms with Crippen LogP contribution in [0.1, 0.15) is 0 Å². The Labute approximate surface area is 221 Å². The van der Waals surface area contributed by atoms with Gasteiger partial charge in [0, 0.05) is 0 Å². The summed E-state index contributed by atoms with van der Waals surface area (Å²) >= 11 is 0. The summed E-state index contributed by atoms with van der Waals surface area (Å²) in [6.07, 6.45) is -34.3. The molecule has 30 heteroatoms. The lowest BCUT2D eigenvalue weighted by Gasteiger charge is -2.41. The van der Waals surface area contributed by atoms with Gasteiger partial charge in [-0.1, -0.05) is 0 Å². The summed E-state index contributed by atoms with van der Waals surface area (Å²) in [6, 6.07) is 0. The van der Waals surface area contributed by atoms with Crippen molar-refractivity contribution >= 4 is 11.8 Å². The van der Waals surface area contributed by atoms with E-state index in [1.165, 1.54) is 0 Å². The molecule has 0 aromatic heterocycles. The van der Waals surface area contributed by atoms with Gasteiger partial charge in [-0.25, -0.2) is 9.47 Å². The minimum absolute atomic E-state index is 0.913. The molecule has 0 aromatic rings. The van der Waals surface area contributed by atoms with Crippen LogP contribution in [0.15, 0.2) is 0 Å². The Kier molecular flexibility index (Phi) is 9.69. The second-order valence-corrected chi connectivity index (χ2v) is 7.59. The molecule has 0 atom stereocenters. The average molecular weight is 720 g/mol. The fraction of sp³-hybridized carbons (Fsp3) is 0.857. The number of hydrogen-bond donors (Lipinski definition) is 2. The van der Waals surface area contributed by atoms with E-state index in [1.54, 1.807) is 0 Å². The van der Waals surface area contributed by atoms with E-state index in [9.17, 15) is 115 Å². The maximum absolute atomic E-state index is 13.5. The summed E-state index contributed by atoms with van der Waals surface area (Å²) in [6.45, 7) is 0. The van der Waals surface area contributed by atoms with Crippen molar-refractivity contribution in [2.75, 3.05) is 0 Å². The number of carbonyl (C=O) groups excluding carboxylic acids is 2. The Morgan fingerprint density at radius 3 is 0.591 bits per heavy atom. The highest BCUT2D eigenvalue weighted by atomic mass is 19.4. The molecule has 0 heterocycles. The van der Waals surface area contributed by atoms with E-state index in [2.05, 4.69) is 11.5 Å². The molecule has 0 saturated heterocycles. The first-order valence-corrected chi connectivity index (χ1v) is 9.09. The van der Waals surface area contributed by atoms with E-state index in [1.807, 2.05) is 0 Å². The Hall–Kier alpha value is -2.82. The number of amides is 2. The predicted molar refractivity (Wildman–Crippen MR) is 79.9 cm³/mol. The van der Waals surface area contributed by atoms with Crippen LogP contribution in [0.25, 0.3) is 0 Å². The molecule has 0 unspecified atom stereocenters. The second kappa shape index (κ2) is 10.4. The Morgan fingerprint density at radius 1 is 0.318 bits per heavy atom. The van der Waals surface area contributed by atoms with Crippen molar-refractivity contribution in [3.8, 4) is 0 Å². The van der Waals surface area contributed by atoms with Crippen LogP contribution in [0.2, 0.25) is 0 Å². The van der Waals surface area contributed by atoms with Gasteiger partial charge in [-0.2, -0.15) is 105 Å². The molecule has 0 rings (SSSR count). The lowest BCUT2D eigenvalue weighted by atomic mass is 10.0. The zero-order valence-corrected chi connectivity index (χ0v) is 18.9. The monoisotopic (exact) mass is 720 g/mol. The molecule has 44 heavy (non-hydrogen) atoms. The average Bonchev–Trinajstić information content (AvgIpc) is 2.76. The molecule has 6 nitrogen and oxygen atoms in total. The molecule has 0 fully saturated rings. The third-order valence-corrected chi connectivity index (χ3v) is 4.57. The van der Waals surface area contributed by atoms with E-state index >= 15 is 0 Å². The summed E-state index contributed by atoms with van der Waals surface area (Å²) in [4.78, 5) is 20.3. The van der Waals surface area contributed by atoms with Gasteiger partial charge in [-0.15, -0.1) is 0 Å². The Balaban J connectivity index is 6.85. The van der Waals surface area contributed by atoms with Crippen molar-refractivity contribution < 1.29 is 124 Å². The van der Waals surface area contributed by atoms with E-state index < -0.39 is 83.6 Å². The highest BCUT2D eigenvalue weighted by Gasteiger charge is 2.91. The number of primary amides is 2. The van der Waals surface area contributed by atoms with E-state index in [0.717, 1.165) is 9.47 Å². The fourth-order valence-corrected chi connectivity index (χ4v) is 2.01. The standard InChI is InChI=1S/C14H4F24N2O4/c15-3(16,1(39)41)5(19,20)7(23,24)11(31,32)43-13(35,36)9(27,28)10(29,30)14(37,38)44-12(33,34)8(25,26)6(21,22)4(17,18)2(40)42/h(H2,39,41)(H2,40,42). The van der Waals surface area contributed by atoms with Crippen molar-refractivity contribution in [2.45, 2.75) is 71.8 Å². The molecule has 262 valence electrons. The van der Waals surface area contributed by atoms with E-state index in [-0.39, 0.29) is 0 Å². The highest BCUT2D eigenvalue weighted by molar-refractivity contribution is 5.83. The first-order chi connectivity index (χ1) is 18.6. The third kappa shape index (κ3) is 5.47. The molecule has 0 spiro atoms. The minimum atomic E-state index is -8.99. The predicted octanol–water partition coefficient (Wildman–Crippen LogP) is 5.44. The van der Waals surface area contributed by atoms with Crippen LogP contribution >= 0.6 is 0 Å². The van der Waals surface area contributed by atoms with Crippen LogP contribution in [0.5, 0.6) is 0 Å². The minimum Gasteiger partial charge on any atom is -0.364 e. The number of rotatable bonds is 15. The number of ether oxygens (including phenoxy) is 2. The first-order valence-electron chi connectivity index (χ1n) is 9.09. The summed E-state index contributed by atoms with van der Waals surface area (Å²) in [7, 11) is 0. The van der Waals surface area contributed by atoms with Gasteiger partial charge in [-0.05, 0) is 0 Å². The van der Waals surface area contributed by atoms with Crippen LogP contribution < -0.4 is 11.5 Å². The van der Waals surface area contributed by atoms with Gasteiger partial charge in [0.15, 0.2) is 0 Å². The highest BCUT2D eigenvalue weighted by Crippen LogP contribution is 2.61. The number of halogens is 24. The smallest absolute Gasteiger partial charge is 0.364 e. The number of alkyl halides is 24. The molecular weight excluding hydrogens is 716 g/mol. The topological polar surface area (TPSA) is 105 Å². The number of nitrogens with two attached hydrogens (primary N) is 2. The summed E-state index contributed by atoms with van der Waals surface area (Å²) < 4.78 is 320. The van der Waals surface area contributed by atoms with Crippen molar-refractivity contribution in [1.82, 2.24) is 0 Å². The largest absolute Gasteiger partial charge is 0.430 e. The number of carbonyl (C=O) groups is 2. The van der Waals surface area contributed by atoms with Crippen LogP contribution in [-0.2, 0) is 19.1 Å². The maximum atomic E-state index is 13.5. The first kappa shape index (κ1) is 41.2. The van der Waals surface area contributed by atoms with Crippen molar-refractivity contribution in [3.63, 3.8) is 0 Å². The molecule has 0 aliphatic heterocycles. The third-order valence-electron chi connectivity index (χ3n) is 4.57. The van der Waals surface area contributed by atoms with E-state index in [4.69, 9.17) is 0 Å². The van der Waals surface area contributed by atoms with Crippen molar-refractivity contribution in [1.29, 1.82) is 0 Å². The molecule has 0 aliphatic carbocycles. The summed E-state index contributed by atoms with van der Waals surface area (Å²) in [5.74, 6) is -73.8. The molecule has 0 aromatic carbocycles. The molecule has 0 saturated carbocycles. The molecular formula is C14H4F24N2O4. The van der Waals surface area contributed by atoms with Crippen molar-refractivity contribution in [3.05, 3.63) is 0 Å². The summed E-state index contributed by atoms with van der Waals surface area (Å²) in [5.41, 5.74) is 6.93. The van der Waals surface area contributed by atoms with Crippen LogP contribution in [0, 0.1) is 0 Å².